The van der Waals surface area contributed by atoms with E-state index in [2.05, 4.69) is 21.2 Å². The normalized spacial score (nSPS) is 22.3. The molecular formula is C13H17BrN2O3. The lowest BCUT2D eigenvalue weighted by Crippen LogP contribution is -2.29. The van der Waals surface area contributed by atoms with Crippen molar-refractivity contribution in [2.75, 3.05) is 19.0 Å². The summed E-state index contributed by atoms with van der Waals surface area (Å²) in [4.78, 5) is 12.0. The number of hydrogen-bond donors (Lipinski definition) is 2. The van der Waals surface area contributed by atoms with E-state index < -0.39 is 6.10 Å². The Labute approximate surface area is 120 Å². The molecule has 1 amide bonds. The number of ether oxygens (including phenoxy) is 2. The van der Waals surface area contributed by atoms with E-state index in [1.165, 1.54) is 0 Å². The molecule has 0 radical (unpaired) electrons. The number of amides is 1. The van der Waals surface area contributed by atoms with Crippen molar-refractivity contribution in [3.8, 4) is 5.75 Å². The van der Waals surface area contributed by atoms with Gasteiger partial charge in [0.1, 0.15) is 11.9 Å². The lowest BCUT2D eigenvalue weighted by molar-refractivity contribution is -0.126. The summed E-state index contributed by atoms with van der Waals surface area (Å²) in [6, 6.07) is 5.38. The second kappa shape index (κ2) is 6.36. The number of nitrogens with one attached hydrogen (secondary N) is 1. The molecule has 1 aliphatic heterocycles. The Hall–Kier alpha value is -1.11. The van der Waals surface area contributed by atoms with Gasteiger partial charge in [-0.15, -0.1) is 0 Å². The molecule has 0 aromatic heterocycles. The van der Waals surface area contributed by atoms with E-state index in [1.807, 2.05) is 0 Å². The van der Waals surface area contributed by atoms with Crippen molar-refractivity contribution in [3.05, 3.63) is 22.7 Å². The fraction of sp³-hybridized carbons (Fsp3) is 0.462. The SMILES string of the molecule is COc1ccc(NC(=O)C2CCC(CN)O2)cc1Br. The lowest BCUT2D eigenvalue weighted by atomic mass is 10.2. The Morgan fingerprint density at radius 3 is 2.95 bits per heavy atom. The Kier molecular flexibility index (Phi) is 4.79. The van der Waals surface area contributed by atoms with Crippen molar-refractivity contribution in [1.82, 2.24) is 0 Å². The van der Waals surface area contributed by atoms with E-state index in [1.54, 1.807) is 25.3 Å². The summed E-state index contributed by atoms with van der Waals surface area (Å²) < 4.78 is 11.5. The highest BCUT2D eigenvalue weighted by Crippen LogP contribution is 2.28. The van der Waals surface area contributed by atoms with Gasteiger partial charge in [-0.05, 0) is 47.0 Å². The summed E-state index contributed by atoms with van der Waals surface area (Å²) in [6.45, 7) is 0.456. The Morgan fingerprint density at radius 2 is 2.37 bits per heavy atom. The molecule has 1 aromatic rings. The van der Waals surface area contributed by atoms with Crippen LogP contribution in [0.5, 0.6) is 5.75 Å². The molecule has 1 saturated heterocycles. The third-order valence-corrected chi connectivity index (χ3v) is 3.70. The summed E-state index contributed by atoms with van der Waals surface area (Å²) in [5.74, 6) is 0.589. The van der Waals surface area contributed by atoms with Crippen LogP contribution in [0.2, 0.25) is 0 Å². The number of methoxy groups -OCH3 is 1. The smallest absolute Gasteiger partial charge is 0.253 e. The maximum absolute atomic E-state index is 12.0. The molecule has 2 unspecified atom stereocenters. The first-order valence-electron chi connectivity index (χ1n) is 6.14. The van der Waals surface area contributed by atoms with Gasteiger partial charge in [0.2, 0.25) is 0 Å². The van der Waals surface area contributed by atoms with Gasteiger partial charge in [0.05, 0.1) is 17.7 Å². The molecule has 3 N–H and O–H groups in total. The van der Waals surface area contributed by atoms with E-state index in [0.29, 0.717) is 18.7 Å². The van der Waals surface area contributed by atoms with Gasteiger partial charge in [0.15, 0.2) is 0 Å². The van der Waals surface area contributed by atoms with Crippen molar-refractivity contribution >= 4 is 27.5 Å². The first kappa shape index (κ1) is 14.3. The van der Waals surface area contributed by atoms with Gasteiger partial charge in [-0.25, -0.2) is 0 Å². The van der Waals surface area contributed by atoms with Gasteiger partial charge in [-0.1, -0.05) is 0 Å². The maximum Gasteiger partial charge on any atom is 0.253 e. The van der Waals surface area contributed by atoms with Crippen LogP contribution in [0.25, 0.3) is 0 Å². The first-order chi connectivity index (χ1) is 9.13. The average Bonchev–Trinajstić information content (AvgIpc) is 2.88. The molecule has 0 aliphatic carbocycles. The van der Waals surface area contributed by atoms with Gasteiger partial charge in [-0.3, -0.25) is 4.79 Å². The number of halogens is 1. The number of hydrogen-bond acceptors (Lipinski definition) is 4. The summed E-state index contributed by atoms with van der Waals surface area (Å²) in [7, 11) is 1.59. The van der Waals surface area contributed by atoms with Crippen molar-refractivity contribution in [2.24, 2.45) is 5.73 Å². The molecule has 1 heterocycles. The second-order valence-corrected chi connectivity index (χ2v) is 5.25. The van der Waals surface area contributed by atoms with Crippen LogP contribution in [0.3, 0.4) is 0 Å². The number of anilines is 1. The molecule has 5 nitrogen and oxygen atoms in total. The molecule has 104 valence electrons. The monoisotopic (exact) mass is 328 g/mol. The zero-order valence-electron chi connectivity index (χ0n) is 10.7. The number of rotatable bonds is 4. The van der Waals surface area contributed by atoms with Crippen molar-refractivity contribution < 1.29 is 14.3 Å². The Bertz CT molecular complexity index is 467. The number of benzene rings is 1. The zero-order valence-corrected chi connectivity index (χ0v) is 12.3. The van der Waals surface area contributed by atoms with Crippen molar-refractivity contribution in [1.29, 1.82) is 0 Å². The van der Waals surface area contributed by atoms with E-state index >= 15 is 0 Å². The molecular weight excluding hydrogens is 312 g/mol. The molecule has 1 fully saturated rings. The van der Waals surface area contributed by atoms with Gasteiger partial charge >= 0.3 is 0 Å². The maximum atomic E-state index is 12.0. The van der Waals surface area contributed by atoms with E-state index in [-0.39, 0.29) is 12.0 Å². The number of carbonyl (C=O) groups is 1. The van der Waals surface area contributed by atoms with Crippen LogP contribution < -0.4 is 15.8 Å². The standard InChI is InChI=1S/C13H17BrN2O3/c1-18-11-4-2-8(6-10(11)14)16-13(17)12-5-3-9(7-15)19-12/h2,4,6,9,12H,3,5,7,15H2,1H3,(H,16,17). The summed E-state index contributed by atoms with van der Waals surface area (Å²) >= 11 is 3.38. The topological polar surface area (TPSA) is 73.6 Å². The molecule has 6 heteroatoms. The molecule has 1 aromatic carbocycles. The van der Waals surface area contributed by atoms with Crippen LogP contribution in [-0.2, 0) is 9.53 Å². The zero-order chi connectivity index (χ0) is 13.8. The van der Waals surface area contributed by atoms with Gasteiger partial charge in [-0.2, -0.15) is 0 Å². The minimum absolute atomic E-state index is 0.00152. The van der Waals surface area contributed by atoms with Crippen LogP contribution >= 0.6 is 15.9 Å². The van der Waals surface area contributed by atoms with Gasteiger partial charge in [0.25, 0.3) is 5.91 Å². The van der Waals surface area contributed by atoms with E-state index in [4.69, 9.17) is 15.2 Å². The fourth-order valence-corrected chi connectivity index (χ4v) is 2.58. The summed E-state index contributed by atoms with van der Waals surface area (Å²) in [6.07, 6.45) is 1.14. The van der Waals surface area contributed by atoms with Crippen LogP contribution in [0, 0.1) is 0 Å². The van der Waals surface area contributed by atoms with Crippen LogP contribution in [0.4, 0.5) is 5.69 Å². The van der Waals surface area contributed by atoms with Gasteiger partial charge < -0.3 is 20.5 Å². The van der Waals surface area contributed by atoms with E-state index in [9.17, 15) is 4.79 Å². The molecule has 0 bridgehead atoms. The summed E-state index contributed by atoms with van der Waals surface area (Å²) in [5, 5.41) is 2.83. The van der Waals surface area contributed by atoms with Crippen LogP contribution in [-0.4, -0.2) is 31.8 Å². The second-order valence-electron chi connectivity index (χ2n) is 4.40. The fourth-order valence-electron chi connectivity index (χ4n) is 2.04. The Morgan fingerprint density at radius 1 is 1.58 bits per heavy atom. The highest BCUT2D eigenvalue weighted by Gasteiger charge is 2.29. The third-order valence-electron chi connectivity index (χ3n) is 3.08. The predicted molar refractivity (Wildman–Crippen MR) is 76.3 cm³/mol. The highest BCUT2D eigenvalue weighted by atomic mass is 79.9. The third kappa shape index (κ3) is 3.46. The molecule has 19 heavy (non-hydrogen) atoms. The number of carbonyl (C=O) groups excluding carboxylic acids is 1. The Balaban J connectivity index is 1.97. The molecule has 1 aliphatic rings. The van der Waals surface area contributed by atoms with Crippen LogP contribution in [0.15, 0.2) is 22.7 Å². The van der Waals surface area contributed by atoms with Gasteiger partial charge in [0, 0.05) is 12.2 Å². The first-order valence-corrected chi connectivity index (χ1v) is 6.93. The minimum Gasteiger partial charge on any atom is -0.496 e. The van der Waals surface area contributed by atoms with E-state index in [0.717, 1.165) is 16.6 Å². The largest absolute Gasteiger partial charge is 0.496 e. The lowest BCUT2D eigenvalue weighted by Gasteiger charge is -2.13. The average molecular weight is 329 g/mol. The van der Waals surface area contributed by atoms with Crippen LogP contribution in [0.1, 0.15) is 12.8 Å². The quantitative estimate of drug-likeness (QED) is 0.885. The summed E-state index contributed by atoms with van der Waals surface area (Å²) in [5.41, 5.74) is 6.23. The molecule has 2 rings (SSSR count). The highest BCUT2D eigenvalue weighted by molar-refractivity contribution is 9.10. The molecule has 2 atom stereocenters. The number of nitrogens with two attached hydrogens (primary N) is 1. The molecule has 0 spiro atoms. The predicted octanol–water partition coefficient (Wildman–Crippen LogP) is 1.90. The minimum atomic E-state index is -0.408. The molecule has 0 saturated carbocycles. The van der Waals surface area contributed by atoms with Crippen molar-refractivity contribution in [2.45, 2.75) is 25.0 Å². The van der Waals surface area contributed by atoms with Crippen molar-refractivity contribution in [3.63, 3.8) is 0 Å².